The van der Waals surface area contributed by atoms with Gasteiger partial charge in [-0.05, 0) is 49.6 Å². The van der Waals surface area contributed by atoms with Crippen LogP contribution in [-0.4, -0.2) is 50.5 Å². The van der Waals surface area contributed by atoms with E-state index in [9.17, 15) is 18.0 Å². The number of unbranched alkanes of at least 4 members (excludes halogenated alkanes) is 1. The molecule has 0 bridgehead atoms. The number of halogens is 1. The van der Waals surface area contributed by atoms with Crippen LogP contribution in [0.4, 0.5) is 5.69 Å². The van der Waals surface area contributed by atoms with Crippen molar-refractivity contribution in [2.75, 3.05) is 23.7 Å². The van der Waals surface area contributed by atoms with Crippen molar-refractivity contribution in [3.8, 4) is 0 Å². The van der Waals surface area contributed by atoms with E-state index in [4.69, 9.17) is 11.6 Å². The zero-order chi connectivity index (χ0) is 25.1. The molecule has 7 nitrogen and oxygen atoms in total. The Bertz CT molecular complexity index is 1030. The number of nitrogens with one attached hydrogen (secondary N) is 1. The van der Waals surface area contributed by atoms with Crippen molar-refractivity contribution in [1.29, 1.82) is 0 Å². The van der Waals surface area contributed by atoms with Crippen LogP contribution in [-0.2, 0) is 26.2 Å². The Morgan fingerprint density at radius 1 is 1.03 bits per heavy atom. The maximum absolute atomic E-state index is 13.2. The highest BCUT2D eigenvalue weighted by Gasteiger charge is 2.26. The predicted molar refractivity (Wildman–Crippen MR) is 137 cm³/mol. The minimum absolute atomic E-state index is 0.110. The summed E-state index contributed by atoms with van der Waals surface area (Å²) in [6.45, 7) is 4.78. The van der Waals surface area contributed by atoms with Gasteiger partial charge in [-0.2, -0.15) is 0 Å². The Kier molecular flexibility index (Phi) is 10.9. The number of carbonyl (C=O) groups excluding carboxylic acids is 2. The van der Waals surface area contributed by atoms with Gasteiger partial charge in [0.1, 0.15) is 6.04 Å². The van der Waals surface area contributed by atoms with Crippen LogP contribution in [0, 0.1) is 0 Å². The molecule has 0 aliphatic carbocycles. The van der Waals surface area contributed by atoms with Crippen LogP contribution in [0.25, 0.3) is 0 Å². The van der Waals surface area contributed by atoms with E-state index in [1.807, 2.05) is 37.3 Å². The number of hydrogen-bond donors (Lipinski definition) is 1. The van der Waals surface area contributed by atoms with Crippen molar-refractivity contribution in [2.24, 2.45) is 0 Å². The Balaban J connectivity index is 2.10. The molecular formula is C25H34ClN3O4S. The number of sulfonamides is 1. The van der Waals surface area contributed by atoms with Crippen LogP contribution >= 0.6 is 11.6 Å². The van der Waals surface area contributed by atoms with Crippen LogP contribution in [0.3, 0.4) is 0 Å². The summed E-state index contributed by atoms with van der Waals surface area (Å²) in [4.78, 5) is 27.4. The van der Waals surface area contributed by atoms with Gasteiger partial charge in [-0.25, -0.2) is 8.42 Å². The van der Waals surface area contributed by atoms with Gasteiger partial charge < -0.3 is 10.2 Å². The summed E-state index contributed by atoms with van der Waals surface area (Å²) < 4.78 is 25.9. The normalized spacial score (nSPS) is 12.1. The van der Waals surface area contributed by atoms with E-state index in [1.54, 1.807) is 36.1 Å². The van der Waals surface area contributed by atoms with E-state index in [0.717, 1.165) is 24.7 Å². The van der Waals surface area contributed by atoms with Crippen LogP contribution in [0.2, 0.25) is 5.02 Å². The highest BCUT2D eigenvalue weighted by Crippen LogP contribution is 2.21. The second-order valence-corrected chi connectivity index (χ2v) is 10.6. The first-order valence-corrected chi connectivity index (χ1v) is 13.7. The molecule has 0 saturated heterocycles. The molecule has 186 valence electrons. The number of amides is 2. The molecule has 0 spiro atoms. The molecule has 0 aromatic heterocycles. The van der Waals surface area contributed by atoms with Crippen molar-refractivity contribution in [1.82, 2.24) is 10.2 Å². The van der Waals surface area contributed by atoms with Gasteiger partial charge in [0.25, 0.3) is 0 Å². The summed E-state index contributed by atoms with van der Waals surface area (Å²) in [5.74, 6) is -0.400. The lowest BCUT2D eigenvalue weighted by Gasteiger charge is -2.29. The quantitative estimate of drug-likeness (QED) is 0.411. The van der Waals surface area contributed by atoms with E-state index < -0.39 is 16.1 Å². The molecule has 0 unspecified atom stereocenters. The Labute approximate surface area is 208 Å². The van der Waals surface area contributed by atoms with E-state index >= 15 is 0 Å². The zero-order valence-electron chi connectivity index (χ0n) is 20.0. The number of hydrogen-bond acceptors (Lipinski definition) is 4. The topological polar surface area (TPSA) is 86.8 Å². The first kappa shape index (κ1) is 27.7. The summed E-state index contributed by atoms with van der Waals surface area (Å²) in [5.41, 5.74) is 1.41. The molecule has 2 aromatic rings. The smallest absolute Gasteiger partial charge is 0.242 e. The second kappa shape index (κ2) is 13.3. The maximum Gasteiger partial charge on any atom is 0.242 e. The van der Waals surface area contributed by atoms with Crippen molar-refractivity contribution < 1.29 is 18.0 Å². The Morgan fingerprint density at radius 3 is 2.26 bits per heavy atom. The highest BCUT2D eigenvalue weighted by molar-refractivity contribution is 7.92. The highest BCUT2D eigenvalue weighted by atomic mass is 35.5. The number of benzene rings is 2. The van der Waals surface area contributed by atoms with Gasteiger partial charge in [-0.15, -0.1) is 0 Å². The van der Waals surface area contributed by atoms with Crippen molar-refractivity contribution >= 4 is 39.1 Å². The molecule has 2 rings (SSSR count). The molecule has 0 heterocycles. The van der Waals surface area contributed by atoms with E-state index in [0.29, 0.717) is 30.2 Å². The van der Waals surface area contributed by atoms with Gasteiger partial charge in [0.2, 0.25) is 21.8 Å². The van der Waals surface area contributed by atoms with Gasteiger partial charge in [0.05, 0.1) is 11.9 Å². The predicted octanol–water partition coefficient (Wildman–Crippen LogP) is 4.22. The minimum Gasteiger partial charge on any atom is -0.354 e. The largest absolute Gasteiger partial charge is 0.354 e. The monoisotopic (exact) mass is 507 g/mol. The second-order valence-electron chi connectivity index (χ2n) is 8.24. The molecule has 0 radical (unpaired) electrons. The molecule has 0 saturated carbocycles. The average molecular weight is 508 g/mol. The van der Waals surface area contributed by atoms with Crippen LogP contribution in [0.5, 0.6) is 0 Å². The number of rotatable bonds is 13. The average Bonchev–Trinajstić information content (AvgIpc) is 2.80. The van der Waals surface area contributed by atoms with Gasteiger partial charge in [0.15, 0.2) is 0 Å². The van der Waals surface area contributed by atoms with E-state index in [2.05, 4.69) is 5.32 Å². The molecule has 1 N–H and O–H groups in total. The fourth-order valence-electron chi connectivity index (χ4n) is 3.51. The lowest BCUT2D eigenvalue weighted by atomic mass is 10.1. The molecule has 2 aromatic carbocycles. The number of carbonyl (C=O) groups is 2. The molecule has 1 atom stereocenters. The van der Waals surface area contributed by atoms with Gasteiger partial charge in [-0.1, -0.05) is 55.3 Å². The minimum atomic E-state index is -3.54. The number of anilines is 1. The van der Waals surface area contributed by atoms with Gasteiger partial charge >= 0.3 is 0 Å². The molecule has 0 aliphatic heterocycles. The third kappa shape index (κ3) is 8.65. The fourth-order valence-corrected chi connectivity index (χ4v) is 4.60. The third-order valence-corrected chi connectivity index (χ3v) is 6.91. The van der Waals surface area contributed by atoms with Crippen molar-refractivity contribution in [3.63, 3.8) is 0 Å². The first-order valence-electron chi connectivity index (χ1n) is 11.5. The molecule has 0 aliphatic rings. The Hall–Kier alpha value is -2.58. The van der Waals surface area contributed by atoms with Crippen molar-refractivity contribution in [3.05, 3.63) is 65.2 Å². The van der Waals surface area contributed by atoms with Crippen LogP contribution in [0.15, 0.2) is 54.6 Å². The van der Waals surface area contributed by atoms with Crippen LogP contribution in [0.1, 0.15) is 45.1 Å². The van der Waals surface area contributed by atoms with Crippen molar-refractivity contribution in [2.45, 2.75) is 52.1 Å². The number of nitrogens with zero attached hydrogens (tertiary/aromatic N) is 2. The first-order chi connectivity index (χ1) is 16.1. The lowest BCUT2D eigenvalue weighted by molar-refractivity contribution is -0.140. The molecule has 0 fully saturated rings. The fraction of sp³-hybridized carbons (Fsp3) is 0.440. The van der Waals surface area contributed by atoms with Gasteiger partial charge in [0, 0.05) is 31.1 Å². The lowest BCUT2D eigenvalue weighted by Crippen LogP contribution is -2.47. The summed E-state index contributed by atoms with van der Waals surface area (Å²) in [7, 11) is -3.54. The standard InChI is InChI=1S/C25H34ClN3O4S/c1-4-5-17-27-25(31)20(2)28(19-21-10-7-6-8-11-21)24(30)12-9-18-29(34(3,32)33)23-15-13-22(26)14-16-23/h6-8,10-11,13-16,20H,4-5,9,12,17-19H2,1-3H3,(H,27,31)/t20-/m0/s1. The molecular weight excluding hydrogens is 474 g/mol. The van der Waals surface area contributed by atoms with E-state index in [1.165, 1.54) is 4.31 Å². The zero-order valence-corrected chi connectivity index (χ0v) is 21.6. The summed E-state index contributed by atoms with van der Waals surface area (Å²) in [5, 5.41) is 3.40. The van der Waals surface area contributed by atoms with E-state index in [-0.39, 0.29) is 24.8 Å². The molecule has 34 heavy (non-hydrogen) atoms. The molecule has 2 amide bonds. The van der Waals surface area contributed by atoms with Gasteiger partial charge in [-0.3, -0.25) is 13.9 Å². The summed E-state index contributed by atoms with van der Waals surface area (Å²) in [6.07, 6.45) is 3.39. The Morgan fingerprint density at radius 2 is 1.68 bits per heavy atom. The SMILES string of the molecule is CCCCNC(=O)[C@H](C)N(Cc1ccccc1)C(=O)CCCN(c1ccc(Cl)cc1)S(C)(=O)=O. The molecule has 9 heteroatoms. The maximum atomic E-state index is 13.2. The summed E-state index contributed by atoms with van der Waals surface area (Å²) in [6, 6.07) is 15.4. The summed E-state index contributed by atoms with van der Waals surface area (Å²) >= 11 is 5.92. The van der Waals surface area contributed by atoms with Crippen LogP contribution < -0.4 is 9.62 Å². The third-order valence-electron chi connectivity index (χ3n) is 5.46.